The summed E-state index contributed by atoms with van der Waals surface area (Å²) in [7, 11) is 0. The molecule has 86 valence electrons. The van der Waals surface area contributed by atoms with Gasteiger partial charge in [-0.2, -0.15) is 0 Å². The van der Waals surface area contributed by atoms with Gasteiger partial charge in [0.15, 0.2) is 0 Å². The fourth-order valence-electron chi connectivity index (χ4n) is 1.97. The molecule has 4 heteroatoms. The van der Waals surface area contributed by atoms with E-state index in [9.17, 15) is 9.90 Å². The molecule has 1 fully saturated rings. The summed E-state index contributed by atoms with van der Waals surface area (Å²) >= 11 is 0. The third kappa shape index (κ3) is 2.08. The Balaban J connectivity index is 1.99. The predicted molar refractivity (Wildman–Crippen MR) is 60.7 cm³/mol. The Hall–Kier alpha value is -1.39. The van der Waals surface area contributed by atoms with Gasteiger partial charge in [0.2, 0.25) is 5.91 Å². The lowest BCUT2D eigenvalue weighted by Gasteiger charge is -2.41. The number of nitrogens with zero attached hydrogens (tertiary/aromatic N) is 1. The van der Waals surface area contributed by atoms with Crippen LogP contribution in [0.2, 0.25) is 0 Å². The van der Waals surface area contributed by atoms with Crippen LogP contribution in [-0.2, 0) is 11.2 Å². The number of carbonyl (C=O) groups excluding carboxylic acids is 1. The first-order chi connectivity index (χ1) is 7.72. The molecule has 0 aromatic heterocycles. The number of benzene rings is 1. The number of hydrogen-bond donors (Lipinski definition) is 2. The zero-order valence-corrected chi connectivity index (χ0v) is 9.04. The maximum Gasteiger partial charge on any atom is 0.241 e. The molecule has 1 heterocycles. The number of likely N-dealkylation sites (tertiary alicyclic amines) is 1. The average molecular weight is 220 g/mol. The minimum absolute atomic E-state index is 0.0205. The van der Waals surface area contributed by atoms with Crippen LogP contribution in [0, 0.1) is 0 Å². The van der Waals surface area contributed by atoms with Crippen molar-refractivity contribution in [2.45, 2.75) is 18.5 Å². The molecule has 1 aliphatic rings. The summed E-state index contributed by atoms with van der Waals surface area (Å²) in [5.74, 6) is -0.0602. The summed E-state index contributed by atoms with van der Waals surface area (Å²) in [5, 5.41) is 9.29. The van der Waals surface area contributed by atoms with Gasteiger partial charge in [-0.25, -0.2) is 0 Å². The second-order valence-electron chi connectivity index (χ2n) is 4.12. The molecule has 0 bridgehead atoms. The van der Waals surface area contributed by atoms with Gasteiger partial charge < -0.3 is 15.7 Å². The smallest absolute Gasteiger partial charge is 0.241 e. The molecule has 0 spiro atoms. The van der Waals surface area contributed by atoms with Crippen molar-refractivity contribution in [2.24, 2.45) is 5.73 Å². The SMILES string of the molecule is NC1CN(C(CO)Cc2ccccc2)C1=O. The zero-order chi connectivity index (χ0) is 11.5. The van der Waals surface area contributed by atoms with Gasteiger partial charge in [0.25, 0.3) is 0 Å². The third-order valence-corrected chi connectivity index (χ3v) is 2.96. The van der Waals surface area contributed by atoms with Crippen molar-refractivity contribution >= 4 is 5.91 Å². The summed E-state index contributed by atoms with van der Waals surface area (Å²) < 4.78 is 0. The first-order valence-corrected chi connectivity index (χ1v) is 5.43. The van der Waals surface area contributed by atoms with Gasteiger partial charge in [-0.1, -0.05) is 30.3 Å². The van der Waals surface area contributed by atoms with Crippen LogP contribution < -0.4 is 5.73 Å². The van der Waals surface area contributed by atoms with Crippen LogP contribution in [0.5, 0.6) is 0 Å². The van der Waals surface area contributed by atoms with E-state index in [1.807, 2.05) is 30.3 Å². The maximum absolute atomic E-state index is 11.4. The van der Waals surface area contributed by atoms with E-state index in [0.29, 0.717) is 13.0 Å². The molecule has 16 heavy (non-hydrogen) atoms. The summed E-state index contributed by atoms with van der Waals surface area (Å²) in [4.78, 5) is 13.1. The number of nitrogens with two attached hydrogens (primary N) is 1. The van der Waals surface area contributed by atoms with Gasteiger partial charge in [-0.15, -0.1) is 0 Å². The van der Waals surface area contributed by atoms with Gasteiger partial charge in [0.05, 0.1) is 12.6 Å². The fraction of sp³-hybridized carbons (Fsp3) is 0.417. The Morgan fingerprint density at radius 3 is 2.62 bits per heavy atom. The lowest BCUT2D eigenvalue weighted by molar-refractivity contribution is -0.146. The van der Waals surface area contributed by atoms with Gasteiger partial charge in [0.1, 0.15) is 6.04 Å². The number of hydrogen-bond acceptors (Lipinski definition) is 3. The molecule has 0 saturated carbocycles. The lowest BCUT2D eigenvalue weighted by atomic mass is 9.99. The van der Waals surface area contributed by atoms with E-state index < -0.39 is 0 Å². The van der Waals surface area contributed by atoms with E-state index in [0.717, 1.165) is 5.56 Å². The summed E-state index contributed by atoms with van der Waals surface area (Å²) in [5.41, 5.74) is 6.65. The van der Waals surface area contributed by atoms with Crippen LogP contribution in [0.3, 0.4) is 0 Å². The molecular formula is C12H16N2O2. The highest BCUT2D eigenvalue weighted by Gasteiger charge is 2.37. The van der Waals surface area contributed by atoms with Crippen LogP contribution in [0.25, 0.3) is 0 Å². The van der Waals surface area contributed by atoms with E-state index in [4.69, 9.17) is 5.73 Å². The van der Waals surface area contributed by atoms with E-state index in [-0.39, 0.29) is 24.6 Å². The van der Waals surface area contributed by atoms with Gasteiger partial charge >= 0.3 is 0 Å². The second kappa shape index (κ2) is 4.63. The maximum atomic E-state index is 11.4. The summed E-state index contributed by atoms with van der Waals surface area (Å²) in [6.07, 6.45) is 0.676. The Morgan fingerprint density at radius 2 is 2.12 bits per heavy atom. The number of amides is 1. The van der Waals surface area contributed by atoms with Crippen molar-refractivity contribution in [1.82, 2.24) is 4.90 Å². The van der Waals surface area contributed by atoms with E-state index in [1.165, 1.54) is 0 Å². The molecular weight excluding hydrogens is 204 g/mol. The van der Waals surface area contributed by atoms with Gasteiger partial charge in [-0.3, -0.25) is 4.79 Å². The van der Waals surface area contributed by atoms with Crippen LogP contribution in [0.1, 0.15) is 5.56 Å². The molecule has 1 amide bonds. The van der Waals surface area contributed by atoms with Gasteiger partial charge in [0, 0.05) is 6.54 Å². The van der Waals surface area contributed by atoms with Crippen molar-refractivity contribution in [2.75, 3.05) is 13.2 Å². The average Bonchev–Trinajstić information content (AvgIpc) is 2.34. The molecule has 1 aromatic carbocycles. The zero-order valence-electron chi connectivity index (χ0n) is 9.04. The van der Waals surface area contributed by atoms with Crippen LogP contribution >= 0.6 is 0 Å². The number of carbonyl (C=O) groups is 1. The Kier molecular flexibility index (Phi) is 3.22. The monoisotopic (exact) mass is 220 g/mol. The van der Waals surface area contributed by atoms with E-state index in [2.05, 4.69) is 0 Å². The van der Waals surface area contributed by atoms with Crippen molar-refractivity contribution in [3.05, 3.63) is 35.9 Å². The molecule has 0 aliphatic carbocycles. The Labute approximate surface area is 94.7 Å². The highest BCUT2D eigenvalue weighted by molar-refractivity contribution is 5.88. The standard InChI is InChI=1S/C12H16N2O2/c13-11-7-14(12(11)16)10(8-15)6-9-4-2-1-3-5-9/h1-5,10-11,15H,6-8,13H2. The third-order valence-electron chi connectivity index (χ3n) is 2.96. The Bertz CT molecular complexity index is 367. The summed E-state index contributed by atoms with van der Waals surface area (Å²) in [6, 6.07) is 9.32. The molecule has 3 N–H and O–H groups in total. The highest BCUT2D eigenvalue weighted by Crippen LogP contribution is 2.16. The van der Waals surface area contributed by atoms with E-state index >= 15 is 0 Å². The topological polar surface area (TPSA) is 66.6 Å². The molecule has 2 atom stereocenters. The van der Waals surface area contributed by atoms with Gasteiger partial charge in [-0.05, 0) is 12.0 Å². The molecule has 1 aromatic rings. The van der Waals surface area contributed by atoms with Crippen molar-refractivity contribution < 1.29 is 9.90 Å². The second-order valence-corrected chi connectivity index (χ2v) is 4.12. The van der Waals surface area contributed by atoms with Crippen LogP contribution in [-0.4, -0.2) is 41.1 Å². The number of rotatable bonds is 4. The van der Waals surface area contributed by atoms with Crippen LogP contribution in [0.4, 0.5) is 0 Å². The molecule has 2 unspecified atom stereocenters. The normalized spacial score (nSPS) is 21.8. The predicted octanol–water partition coefficient (Wildman–Crippen LogP) is -0.241. The number of β-lactam (4-membered cyclic amide) rings is 1. The first kappa shape index (κ1) is 11.1. The molecule has 1 aliphatic heterocycles. The largest absolute Gasteiger partial charge is 0.394 e. The highest BCUT2D eigenvalue weighted by atomic mass is 16.3. The quantitative estimate of drug-likeness (QED) is 0.688. The minimum Gasteiger partial charge on any atom is -0.394 e. The van der Waals surface area contributed by atoms with Crippen molar-refractivity contribution in [3.8, 4) is 0 Å². The van der Waals surface area contributed by atoms with Crippen LogP contribution in [0.15, 0.2) is 30.3 Å². The molecule has 1 saturated heterocycles. The molecule has 2 rings (SSSR count). The van der Waals surface area contributed by atoms with Crippen molar-refractivity contribution in [1.29, 1.82) is 0 Å². The van der Waals surface area contributed by atoms with Crippen molar-refractivity contribution in [3.63, 3.8) is 0 Å². The molecule has 0 radical (unpaired) electrons. The fourth-order valence-corrected chi connectivity index (χ4v) is 1.97. The lowest BCUT2D eigenvalue weighted by Crippen LogP contribution is -2.65. The first-order valence-electron chi connectivity index (χ1n) is 5.43. The number of aliphatic hydroxyl groups excluding tert-OH is 1. The number of aliphatic hydroxyl groups is 1. The minimum atomic E-state index is -0.371. The van der Waals surface area contributed by atoms with E-state index in [1.54, 1.807) is 4.90 Å². The Morgan fingerprint density at radius 1 is 1.44 bits per heavy atom. The summed E-state index contributed by atoms with van der Waals surface area (Å²) in [6.45, 7) is 0.532. The molecule has 4 nitrogen and oxygen atoms in total.